The molecule has 3 rings (SSSR count). The van der Waals surface area contributed by atoms with Crippen LogP contribution in [0.25, 0.3) is 0 Å². The van der Waals surface area contributed by atoms with Gasteiger partial charge in [-0.25, -0.2) is 9.36 Å². The average molecular weight is 639 g/mol. The first-order chi connectivity index (χ1) is 17.8. The third-order valence-electron chi connectivity index (χ3n) is 5.43. The van der Waals surface area contributed by atoms with Gasteiger partial charge in [0, 0.05) is 25.8 Å². The van der Waals surface area contributed by atoms with Gasteiger partial charge in [0.25, 0.3) is 5.56 Å². The number of halogens is 2. The van der Waals surface area contributed by atoms with Crippen molar-refractivity contribution in [3.05, 3.63) is 63.4 Å². The Morgan fingerprint density at radius 3 is 2.58 bits per heavy atom. The van der Waals surface area contributed by atoms with E-state index in [1.165, 1.54) is 13.3 Å². The maximum atomic E-state index is 14.0. The molecule has 2 heterocycles. The van der Waals surface area contributed by atoms with E-state index in [2.05, 4.69) is 26.0 Å². The molecule has 0 radical (unpaired) electrons. The Bertz CT molecular complexity index is 1260. The van der Waals surface area contributed by atoms with Crippen LogP contribution in [0.15, 0.2) is 52.2 Å². The van der Waals surface area contributed by atoms with Gasteiger partial charge in [-0.1, -0.05) is 34.1 Å². The molecular weight excluding hydrogens is 609 g/mol. The van der Waals surface area contributed by atoms with Gasteiger partial charge in [-0.15, -0.1) is 11.6 Å². The number of hydrogen-bond acceptors (Lipinski definition) is 9. The molecule has 38 heavy (non-hydrogen) atoms. The summed E-state index contributed by atoms with van der Waals surface area (Å²) >= 11 is 9.94. The highest BCUT2D eigenvalue weighted by Crippen LogP contribution is 2.50. The van der Waals surface area contributed by atoms with Crippen molar-refractivity contribution in [3.63, 3.8) is 0 Å². The van der Waals surface area contributed by atoms with E-state index in [4.69, 9.17) is 34.9 Å². The van der Waals surface area contributed by atoms with E-state index in [1.807, 2.05) is 0 Å². The number of hydrogen-bond donors (Lipinski definition) is 2. The van der Waals surface area contributed by atoms with E-state index < -0.39 is 59.3 Å². The fourth-order valence-electron chi connectivity index (χ4n) is 3.57. The molecule has 2 aromatic rings. The van der Waals surface area contributed by atoms with Crippen LogP contribution in [0.1, 0.15) is 33.4 Å². The smallest absolute Gasteiger partial charge is 0.459 e. The average Bonchev–Trinajstić information content (AvgIpc) is 3.15. The molecule has 1 saturated heterocycles. The normalized spacial score (nSPS) is 24.5. The van der Waals surface area contributed by atoms with Crippen LogP contribution >= 0.6 is 35.3 Å². The Balaban J connectivity index is 1.82. The van der Waals surface area contributed by atoms with E-state index >= 15 is 0 Å². The molecule has 1 aromatic carbocycles. The number of aromatic amines is 1. The Morgan fingerprint density at radius 1 is 1.29 bits per heavy atom. The van der Waals surface area contributed by atoms with Gasteiger partial charge in [0.2, 0.25) is 0 Å². The molecule has 1 aliphatic rings. The van der Waals surface area contributed by atoms with E-state index in [0.29, 0.717) is 0 Å². The summed E-state index contributed by atoms with van der Waals surface area (Å²) in [6, 6.07) is 8.23. The third-order valence-corrected chi connectivity index (χ3v) is 8.02. The van der Waals surface area contributed by atoms with Gasteiger partial charge in [0.15, 0.2) is 6.23 Å². The number of carbonyl (C=O) groups excluding carboxylic acids is 1. The largest absolute Gasteiger partial charge is 0.462 e. The lowest BCUT2D eigenvalue weighted by molar-refractivity contribution is -0.152. The first-order valence-electron chi connectivity index (χ1n) is 11.7. The number of H-pyrrole nitrogens is 1. The van der Waals surface area contributed by atoms with Crippen LogP contribution in [-0.4, -0.2) is 57.4 Å². The van der Waals surface area contributed by atoms with Gasteiger partial charge >= 0.3 is 19.4 Å². The molecule has 0 saturated carbocycles. The van der Waals surface area contributed by atoms with Crippen LogP contribution in [0.4, 0.5) is 0 Å². The highest BCUT2D eigenvalue weighted by atomic mass is 79.9. The molecule has 0 bridgehead atoms. The highest BCUT2D eigenvalue weighted by Gasteiger charge is 2.48. The summed E-state index contributed by atoms with van der Waals surface area (Å²) in [7, 11) is -2.85. The van der Waals surface area contributed by atoms with E-state index in [-0.39, 0.29) is 18.8 Å². The number of nitrogens with one attached hydrogen (secondary N) is 2. The topological polar surface area (TPSA) is 147 Å². The molecule has 6 atom stereocenters. The molecule has 0 amide bonds. The molecule has 12 nitrogen and oxygen atoms in total. The lowest BCUT2D eigenvalue weighted by Gasteiger charge is -2.28. The number of ether oxygens (including phenoxy) is 3. The van der Waals surface area contributed by atoms with Gasteiger partial charge in [-0.2, -0.15) is 5.09 Å². The van der Waals surface area contributed by atoms with E-state index in [9.17, 15) is 18.9 Å². The van der Waals surface area contributed by atoms with Crippen LogP contribution in [0.2, 0.25) is 0 Å². The summed E-state index contributed by atoms with van der Waals surface area (Å²) in [4.78, 5) is 38.7. The Labute approximate surface area is 232 Å². The number of carbonyl (C=O) groups is 1. The summed E-state index contributed by atoms with van der Waals surface area (Å²) in [5.41, 5.74) is -1.28. The van der Waals surface area contributed by atoms with Gasteiger partial charge in [-0.05, 0) is 32.9 Å². The standard InChI is InChI=1S/C23H30BrClN3O9P/c1-14(2)35-20(30)19(15(3)33-4)27-38(32,37-16-8-6-5-7-9-16)34-13-17-12-23(24,25)21(36-17)28-11-10-18(29)26-22(28)31/h5-11,14-15,17,19,21H,12-13H2,1-4H3,(H,27,32)(H,26,29,31)/t15-,17+,19+,21-,23+,38?/m1/s1. The lowest BCUT2D eigenvalue weighted by atomic mass is 10.2. The second-order valence-corrected chi connectivity index (χ2v) is 13.1. The van der Waals surface area contributed by atoms with Crippen molar-refractivity contribution in [3.8, 4) is 5.75 Å². The van der Waals surface area contributed by atoms with Crippen LogP contribution < -0.4 is 20.9 Å². The first kappa shape index (κ1) is 30.6. The van der Waals surface area contributed by atoms with Crippen LogP contribution in [0, 0.1) is 0 Å². The predicted octanol–water partition coefficient (Wildman–Crippen LogP) is 3.30. The Kier molecular flexibility index (Phi) is 10.4. The second kappa shape index (κ2) is 12.9. The molecule has 1 aromatic heterocycles. The van der Waals surface area contributed by atoms with Crippen LogP contribution in [0.5, 0.6) is 5.75 Å². The Hall–Kier alpha value is -1.99. The quantitative estimate of drug-likeness (QED) is 0.202. The SMILES string of the molecule is CO[C@H](C)[C@H](NP(=O)(OC[C@@H]1C[C@@](Cl)(Br)[C@H](n2ccc(=O)[nH]c2=O)O1)Oc1ccccc1)C(=O)OC(C)C. The lowest BCUT2D eigenvalue weighted by Crippen LogP contribution is -2.46. The van der Waals surface area contributed by atoms with Crippen molar-refractivity contribution < 1.29 is 32.6 Å². The number of nitrogens with zero attached hydrogens (tertiary/aromatic N) is 1. The molecule has 2 N–H and O–H groups in total. The molecular formula is C23H30BrClN3O9P. The molecule has 0 aliphatic carbocycles. The minimum Gasteiger partial charge on any atom is -0.462 e. The first-order valence-corrected chi connectivity index (χ1v) is 14.4. The van der Waals surface area contributed by atoms with Crippen molar-refractivity contribution in [1.29, 1.82) is 0 Å². The van der Waals surface area contributed by atoms with E-state index in [1.54, 1.807) is 51.1 Å². The van der Waals surface area contributed by atoms with Crippen molar-refractivity contribution in [2.24, 2.45) is 0 Å². The zero-order chi connectivity index (χ0) is 28.1. The molecule has 1 fully saturated rings. The maximum Gasteiger partial charge on any atom is 0.459 e. The van der Waals surface area contributed by atoms with Gasteiger partial charge in [0.05, 0.1) is 24.9 Å². The van der Waals surface area contributed by atoms with Crippen molar-refractivity contribution in [2.75, 3.05) is 13.7 Å². The number of aromatic nitrogens is 2. The molecule has 210 valence electrons. The number of rotatable bonds is 12. The summed E-state index contributed by atoms with van der Waals surface area (Å²) in [5, 5.41) is 2.65. The predicted molar refractivity (Wildman–Crippen MR) is 143 cm³/mol. The van der Waals surface area contributed by atoms with Crippen LogP contribution in [-0.2, 0) is 28.1 Å². The van der Waals surface area contributed by atoms with Gasteiger partial charge in [-0.3, -0.25) is 23.7 Å². The number of alkyl halides is 2. The molecule has 0 spiro atoms. The zero-order valence-electron chi connectivity index (χ0n) is 21.2. The number of methoxy groups -OCH3 is 1. The maximum absolute atomic E-state index is 14.0. The van der Waals surface area contributed by atoms with E-state index in [0.717, 1.165) is 10.6 Å². The monoisotopic (exact) mass is 637 g/mol. The molecule has 15 heteroatoms. The summed E-state index contributed by atoms with van der Waals surface area (Å²) in [6.45, 7) is 4.68. The summed E-state index contributed by atoms with van der Waals surface area (Å²) in [5.74, 6) is -0.480. The summed E-state index contributed by atoms with van der Waals surface area (Å²) in [6.07, 6.45) is -1.58. The number of benzene rings is 1. The number of esters is 1. The molecule has 1 unspecified atom stereocenters. The second-order valence-electron chi connectivity index (χ2n) is 8.82. The van der Waals surface area contributed by atoms with Crippen molar-refractivity contribution in [2.45, 2.75) is 61.6 Å². The minimum absolute atomic E-state index is 0.128. The fourth-order valence-corrected chi connectivity index (χ4v) is 6.18. The number of para-hydroxylation sites is 1. The van der Waals surface area contributed by atoms with Gasteiger partial charge in [0.1, 0.15) is 15.6 Å². The zero-order valence-corrected chi connectivity index (χ0v) is 24.4. The van der Waals surface area contributed by atoms with Crippen molar-refractivity contribution in [1.82, 2.24) is 14.6 Å². The fraction of sp³-hybridized carbons (Fsp3) is 0.522. The summed E-state index contributed by atoms with van der Waals surface area (Å²) < 4.78 is 41.8. The van der Waals surface area contributed by atoms with Crippen molar-refractivity contribution >= 4 is 41.2 Å². The molecule has 1 aliphatic heterocycles. The highest BCUT2D eigenvalue weighted by molar-refractivity contribution is 9.10. The van der Waals surface area contributed by atoms with Crippen LogP contribution in [0.3, 0.4) is 0 Å². The third kappa shape index (κ3) is 8.01. The van der Waals surface area contributed by atoms with Gasteiger partial charge < -0.3 is 18.7 Å². The Morgan fingerprint density at radius 2 is 1.97 bits per heavy atom. The minimum atomic E-state index is -4.25.